The van der Waals surface area contributed by atoms with E-state index in [-0.39, 0.29) is 5.41 Å². The Balaban J connectivity index is 1.62. The van der Waals surface area contributed by atoms with Gasteiger partial charge in [0.15, 0.2) is 11.5 Å². The molecular formula is C20H35OS+. The minimum Gasteiger partial charge on any atom is -0.294 e. The van der Waals surface area contributed by atoms with Crippen molar-refractivity contribution in [3.05, 3.63) is 0 Å². The van der Waals surface area contributed by atoms with Crippen molar-refractivity contribution in [3.8, 4) is 0 Å². The molecule has 0 radical (unpaired) electrons. The van der Waals surface area contributed by atoms with E-state index in [1.165, 1.54) is 75.7 Å². The van der Waals surface area contributed by atoms with Gasteiger partial charge in [0.05, 0.1) is 0 Å². The van der Waals surface area contributed by atoms with Crippen LogP contribution >= 0.6 is 0 Å². The lowest BCUT2D eigenvalue weighted by atomic mass is 9.48. The first-order chi connectivity index (χ1) is 10.6. The van der Waals surface area contributed by atoms with E-state index in [9.17, 15) is 4.79 Å². The fourth-order valence-electron chi connectivity index (χ4n) is 5.73. The fraction of sp³-hybridized carbons (Fsp3) is 0.950. The maximum Gasteiger partial charge on any atom is 0.187 e. The van der Waals surface area contributed by atoms with Crippen LogP contribution in [0.1, 0.15) is 78.1 Å². The van der Waals surface area contributed by atoms with Crippen molar-refractivity contribution in [1.82, 2.24) is 0 Å². The van der Waals surface area contributed by atoms with Crippen LogP contribution in [0.25, 0.3) is 0 Å². The molecule has 1 nitrogen and oxygen atoms in total. The third-order valence-electron chi connectivity index (χ3n) is 6.54. The molecule has 4 fully saturated rings. The van der Waals surface area contributed by atoms with Crippen LogP contribution in [0.3, 0.4) is 0 Å². The van der Waals surface area contributed by atoms with E-state index in [4.69, 9.17) is 0 Å². The highest BCUT2D eigenvalue weighted by Crippen LogP contribution is 2.60. The van der Waals surface area contributed by atoms with Crippen LogP contribution < -0.4 is 0 Å². The predicted molar refractivity (Wildman–Crippen MR) is 97.4 cm³/mol. The van der Waals surface area contributed by atoms with Gasteiger partial charge in [-0.2, -0.15) is 0 Å². The number of rotatable bonds is 9. The molecule has 0 heterocycles. The lowest BCUT2D eigenvalue weighted by molar-refractivity contribution is -0.141. The number of hydrogen-bond acceptors (Lipinski definition) is 1. The van der Waals surface area contributed by atoms with E-state index in [1.807, 2.05) is 0 Å². The summed E-state index contributed by atoms with van der Waals surface area (Å²) >= 11 is 0. The summed E-state index contributed by atoms with van der Waals surface area (Å²) in [6, 6.07) is 0. The highest BCUT2D eigenvalue weighted by Gasteiger charge is 2.55. The Morgan fingerprint density at radius 3 is 1.77 bits per heavy atom. The summed E-state index contributed by atoms with van der Waals surface area (Å²) in [5.41, 5.74) is 0.151. The third-order valence-corrected chi connectivity index (χ3v) is 8.94. The van der Waals surface area contributed by atoms with Gasteiger partial charge in [-0.25, -0.2) is 0 Å². The molecule has 4 bridgehead atoms. The van der Waals surface area contributed by atoms with Crippen molar-refractivity contribution < 1.29 is 4.79 Å². The number of ketones is 1. The Bertz CT molecular complexity index is 346. The minimum atomic E-state index is 0.151. The number of carbonyl (C=O) groups is 1. The average Bonchev–Trinajstić information content (AvgIpc) is 2.48. The van der Waals surface area contributed by atoms with Crippen LogP contribution in [0.2, 0.25) is 0 Å². The molecule has 0 N–H and O–H groups in total. The molecule has 4 aliphatic rings. The first-order valence-corrected chi connectivity index (χ1v) is 11.6. The standard InChI is InChI=1S/C20H35OS/c1-3-5-7-22(8-6-4-2)15-19(21)20-12-16-9-17(13-20)11-18(10-16)14-20/h16-18H,3-15H2,1-2H3/q+1. The van der Waals surface area contributed by atoms with Crippen LogP contribution in [0.5, 0.6) is 0 Å². The molecule has 0 saturated heterocycles. The maximum atomic E-state index is 13.2. The van der Waals surface area contributed by atoms with Gasteiger partial charge in [-0.3, -0.25) is 4.79 Å². The monoisotopic (exact) mass is 323 g/mol. The Morgan fingerprint density at radius 2 is 1.36 bits per heavy atom. The van der Waals surface area contributed by atoms with Gasteiger partial charge in [0, 0.05) is 5.41 Å². The molecular weight excluding hydrogens is 288 g/mol. The van der Waals surface area contributed by atoms with E-state index >= 15 is 0 Å². The second-order valence-electron chi connectivity index (χ2n) is 8.49. The van der Waals surface area contributed by atoms with E-state index in [1.54, 1.807) is 0 Å². The minimum absolute atomic E-state index is 0.151. The van der Waals surface area contributed by atoms with Gasteiger partial charge in [-0.15, -0.1) is 0 Å². The zero-order valence-corrected chi connectivity index (χ0v) is 15.6. The van der Waals surface area contributed by atoms with Crippen LogP contribution in [0.4, 0.5) is 0 Å². The van der Waals surface area contributed by atoms with Gasteiger partial charge >= 0.3 is 0 Å². The summed E-state index contributed by atoms with van der Waals surface area (Å²) in [6.45, 7) is 4.56. The van der Waals surface area contributed by atoms with Gasteiger partial charge < -0.3 is 0 Å². The van der Waals surface area contributed by atoms with E-state index in [2.05, 4.69) is 13.8 Å². The summed E-state index contributed by atoms with van der Waals surface area (Å²) in [4.78, 5) is 13.2. The number of hydrogen-bond donors (Lipinski definition) is 0. The lowest BCUT2D eigenvalue weighted by Gasteiger charge is -2.55. The zero-order chi connectivity index (χ0) is 15.6. The lowest BCUT2D eigenvalue weighted by Crippen LogP contribution is -2.51. The smallest absolute Gasteiger partial charge is 0.187 e. The number of Topliss-reactive ketones (excluding diaryl/α,β-unsaturated/α-hetero) is 1. The molecule has 0 aromatic carbocycles. The molecule has 0 aromatic heterocycles. The molecule has 0 amide bonds. The van der Waals surface area contributed by atoms with E-state index in [0.29, 0.717) is 16.7 Å². The van der Waals surface area contributed by atoms with Crippen molar-refractivity contribution in [2.24, 2.45) is 23.2 Å². The van der Waals surface area contributed by atoms with Gasteiger partial charge in [-0.1, -0.05) is 26.7 Å². The van der Waals surface area contributed by atoms with Gasteiger partial charge in [0.1, 0.15) is 11.5 Å². The molecule has 4 aliphatic carbocycles. The van der Waals surface area contributed by atoms with Crippen molar-refractivity contribution in [1.29, 1.82) is 0 Å². The SMILES string of the molecule is CCCC[S+](CCCC)CC(=O)C12CC3CC(CC(C3)C1)C2. The molecule has 4 rings (SSSR count). The topological polar surface area (TPSA) is 17.1 Å². The average molecular weight is 324 g/mol. The molecule has 0 aliphatic heterocycles. The zero-order valence-electron chi connectivity index (χ0n) is 14.7. The summed E-state index contributed by atoms with van der Waals surface area (Å²) in [6.07, 6.45) is 13.3. The van der Waals surface area contributed by atoms with Crippen LogP contribution in [0.15, 0.2) is 0 Å². The highest BCUT2D eigenvalue weighted by atomic mass is 32.2. The van der Waals surface area contributed by atoms with Gasteiger partial charge in [0.25, 0.3) is 0 Å². The summed E-state index contributed by atoms with van der Waals surface area (Å²) in [7, 11) is 0.383. The largest absolute Gasteiger partial charge is 0.294 e. The fourth-order valence-corrected chi connectivity index (χ4v) is 8.30. The van der Waals surface area contributed by atoms with Crippen LogP contribution in [-0.4, -0.2) is 23.0 Å². The molecule has 22 heavy (non-hydrogen) atoms. The van der Waals surface area contributed by atoms with Gasteiger partial charge in [0.2, 0.25) is 0 Å². The maximum absolute atomic E-state index is 13.2. The van der Waals surface area contributed by atoms with E-state index < -0.39 is 0 Å². The Hall–Kier alpha value is 0.0200. The number of unbranched alkanes of at least 4 members (excludes halogenated alkanes) is 2. The molecule has 0 spiro atoms. The van der Waals surface area contributed by atoms with Crippen molar-refractivity contribution >= 4 is 16.7 Å². The van der Waals surface area contributed by atoms with Crippen molar-refractivity contribution in [2.45, 2.75) is 78.1 Å². The summed E-state index contributed by atoms with van der Waals surface area (Å²) in [5.74, 6) is 6.98. The van der Waals surface area contributed by atoms with Crippen LogP contribution in [-0.2, 0) is 15.7 Å². The predicted octanol–water partition coefficient (Wildman–Crippen LogP) is 4.99. The van der Waals surface area contributed by atoms with Crippen molar-refractivity contribution in [2.75, 3.05) is 17.3 Å². The normalized spacial score (nSPS) is 36.2. The van der Waals surface area contributed by atoms with Crippen LogP contribution in [0, 0.1) is 23.2 Å². The quantitative estimate of drug-likeness (QED) is 0.546. The second-order valence-corrected chi connectivity index (χ2v) is 10.8. The molecule has 0 aromatic rings. The van der Waals surface area contributed by atoms with Gasteiger partial charge in [-0.05, 0) is 80.0 Å². The summed E-state index contributed by atoms with van der Waals surface area (Å²) in [5, 5.41) is 0. The molecule has 4 saturated carbocycles. The molecule has 0 atom stereocenters. The first-order valence-electron chi connectivity index (χ1n) is 9.82. The highest BCUT2D eigenvalue weighted by molar-refractivity contribution is 7.97. The van der Waals surface area contributed by atoms with E-state index in [0.717, 1.165) is 23.5 Å². The Labute approximate surface area is 140 Å². The third kappa shape index (κ3) is 3.57. The second kappa shape index (κ2) is 7.28. The Kier molecular flexibility index (Phi) is 5.58. The molecule has 0 unspecified atom stereocenters. The van der Waals surface area contributed by atoms with Crippen molar-refractivity contribution in [3.63, 3.8) is 0 Å². The summed E-state index contributed by atoms with van der Waals surface area (Å²) < 4.78 is 0. The first kappa shape index (κ1) is 16.9. The number of carbonyl (C=O) groups excluding carboxylic acids is 1. The molecule has 126 valence electrons. The molecule has 2 heteroatoms. The Morgan fingerprint density at radius 1 is 0.909 bits per heavy atom.